The van der Waals surface area contributed by atoms with Crippen molar-refractivity contribution in [3.63, 3.8) is 0 Å². The van der Waals surface area contributed by atoms with E-state index in [1.165, 1.54) is 29.3 Å². The van der Waals surface area contributed by atoms with Gasteiger partial charge in [0.1, 0.15) is 11.6 Å². The minimum absolute atomic E-state index is 0.0238. The fourth-order valence-electron chi connectivity index (χ4n) is 2.74. The van der Waals surface area contributed by atoms with Gasteiger partial charge in [0.25, 0.3) is 0 Å². The summed E-state index contributed by atoms with van der Waals surface area (Å²) < 4.78 is 25.5. The number of benzene rings is 2. The first kappa shape index (κ1) is 19.1. The van der Waals surface area contributed by atoms with Gasteiger partial charge in [-0.1, -0.05) is 18.2 Å². The molecule has 0 unspecified atom stereocenters. The predicted octanol–water partition coefficient (Wildman–Crippen LogP) is 3.32. The van der Waals surface area contributed by atoms with Gasteiger partial charge in [-0.15, -0.1) is 0 Å². The van der Waals surface area contributed by atoms with Crippen LogP contribution < -0.4 is 5.32 Å². The molecular formula is C20H24F2N2O. The molecule has 0 saturated heterocycles. The van der Waals surface area contributed by atoms with E-state index in [4.69, 9.17) is 0 Å². The van der Waals surface area contributed by atoms with Gasteiger partial charge in [0.15, 0.2) is 0 Å². The number of halogens is 2. The highest BCUT2D eigenvalue weighted by Crippen LogP contribution is 2.18. The molecule has 0 saturated carbocycles. The molecule has 3 nitrogen and oxygen atoms in total. The summed E-state index contributed by atoms with van der Waals surface area (Å²) in [7, 11) is 3.68. The number of carbonyl (C=O) groups excluding carboxylic acids is 1. The monoisotopic (exact) mass is 346 g/mol. The largest absolute Gasteiger partial charge is 0.359 e. The molecule has 1 amide bonds. The van der Waals surface area contributed by atoms with Crippen molar-refractivity contribution in [1.29, 1.82) is 0 Å². The van der Waals surface area contributed by atoms with Gasteiger partial charge in [0.05, 0.1) is 0 Å². The molecule has 1 aliphatic heterocycles. The Hall–Kier alpha value is -2.27. The molecule has 5 heteroatoms. The number of hydrogen-bond acceptors (Lipinski definition) is 2. The summed E-state index contributed by atoms with van der Waals surface area (Å²) in [6.07, 6.45) is 1.96. The summed E-state index contributed by atoms with van der Waals surface area (Å²) >= 11 is 0. The van der Waals surface area contributed by atoms with Gasteiger partial charge in [0, 0.05) is 26.6 Å². The number of carbonyl (C=O) groups is 1. The van der Waals surface area contributed by atoms with E-state index in [2.05, 4.69) is 17.3 Å². The Morgan fingerprint density at radius 1 is 1.12 bits per heavy atom. The molecule has 1 aliphatic rings. The Kier molecular flexibility index (Phi) is 7.07. The lowest BCUT2D eigenvalue weighted by Crippen LogP contribution is -2.26. The Labute approximate surface area is 147 Å². The Balaban J connectivity index is 0.000000181. The number of amides is 1. The molecule has 2 aromatic carbocycles. The first-order valence-corrected chi connectivity index (χ1v) is 8.39. The molecule has 3 rings (SSSR count). The summed E-state index contributed by atoms with van der Waals surface area (Å²) in [5.41, 5.74) is 3.29. The van der Waals surface area contributed by atoms with Crippen LogP contribution in [-0.2, 0) is 24.2 Å². The number of likely N-dealkylation sites (N-methyl/N-ethyl adjacent to an activating group) is 1. The van der Waals surface area contributed by atoms with E-state index in [1.54, 1.807) is 19.2 Å². The van der Waals surface area contributed by atoms with Crippen molar-refractivity contribution in [3.8, 4) is 0 Å². The zero-order chi connectivity index (χ0) is 18.2. The standard InChI is InChI=1S/C10H12FNO.C10H12FN/c1-12-10(13)6-5-8-3-2-4-9(11)7-8;1-12-5-4-8-6-10(11)3-2-9(8)7-12/h2-4,7H,5-6H2,1H3,(H,12,13);2-3,6H,4-5,7H2,1H3. The average molecular weight is 346 g/mol. The van der Waals surface area contributed by atoms with Gasteiger partial charge in [-0.25, -0.2) is 8.78 Å². The third-order valence-corrected chi connectivity index (χ3v) is 4.18. The smallest absolute Gasteiger partial charge is 0.220 e. The van der Waals surface area contributed by atoms with E-state index in [9.17, 15) is 13.6 Å². The third-order valence-electron chi connectivity index (χ3n) is 4.18. The molecule has 0 aliphatic carbocycles. The normalized spacial score (nSPS) is 13.4. The third kappa shape index (κ3) is 6.27. The highest BCUT2D eigenvalue weighted by molar-refractivity contribution is 5.75. The van der Waals surface area contributed by atoms with Crippen LogP contribution in [0.5, 0.6) is 0 Å². The van der Waals surface area contributed by atoms with Crippen molar-refractivity contribution in [2.45, 2.75) is 25.8 Å². The van der Waals surface area contributed by atoms with Crippen LogP contribution in [0.15, 0.2) is 42.5 Å². The minimum Gasteiger partial charge on any atom is -0.359 e. The maximum Gasteiger partial charge on any atom is 0.220 e. The molecule has 0 spiro atoms. The van der Waals surface area contributed by atoms with Gasteiger partial charge >= 0.3 is 0 Å². The number of rotatable bonds is 3. The average Bonchev–Trinajstić information content (AvgIpc) is 2.60. The van der Waals surface area contributed by atoms with Crippen LogP contribution in [-0.4, -0.2) is 31.4 Å². The molecule has 0 fully saturated rings. The zero-order valence-electron chi connectivity index (χ0n) is 14.7. The number of aryl methyl sites for hydroxylation is 1. The van der Waals surface area contributed by atoms with Gasteiger partial charge in [-0.2, -0.15) is 0 Å². The Bertz CT molecular complexity index is 719. The van der Waals surface area contributed by atoms with Crippen molar-refractivity contribution >= 4 is 5.91 Å². The van der Waals surface area contributed by atoms with Crippen molar-refractivity contribution in [2.24, 2.45) is 0 Å². The van der Waals surface area contributed by atoms with Crippen LogP contribution in [0.4, 0.5) is 8.78 Å². The zero-order valence-corrected chi connectivity index (χ0v) is 14.7. The molecule has 0 atom stereocenters. The molecule has 0 aromatic heterocycles. The molecule has 0 bridgehead atoms. The Morgan fingerprint density at radius 2 is 1.88 bits per heavy atom. The first-order chi connectivity index (χ1) is 12.0. The van der Waals surface area contributed by atoms with Crippen LogP contribution in [0, 0.1) is 11.6 Å². The highest BCUT2D eigenvalue weighted by Gasteiger charge is 2.12. The van der Waals surface area contributed by atoms with E-state index in [-0.39, 0.29) is 17.5 Å². The van der Waals surface area contributed by atoms with Gasteiger partial charge < -0.3 is 10.2 Å². The second-order valence-electron chi connectivity index (χ2n) is 6.20. The van der Waals surface area contributed by atoms with Crippen molar-refractivity contribution < 1.29 is 13.6 Å². The minimum atomic E-state index is -0.255. The van der Waals surface area contributed by atoms with Gasteiger partial charge in [-0.05, 0) is 60.8 Å². The summed E-state index contributed by atoms with van der Waals surface area (Å²) in [5.74, 6) is -0.392. The van der Waals surface area contributed by atoms with Crippen LogP contribution in [0.25, 0.3) is 0 Å². The summed E-state index contributed by atoms with van der Waals surface area (Å²) in [6, 6.07) is 11.4. The summed E-state index contributed by atoms with van der Waals surface area (Å²) in [6.45, 7) is 1.99. The molecular weight excluding hydrogens is 322 g/mol. The van der Waals surface area contributed by atoms with E-state index in [1.807, 2.05) is 12.1 Å². The van der Waals surface area contributed by atoms with E-state index in [0.717, 1.165) is 25.1 Å². The predicted molar refractivity (Wildman–Crippen MR) is 95.2 cm³/mol. The number of nitrogens with zero attached hydrogens (tertiary/aromatic N) is 1. The van der Waals surface area contributed by atoms with Crippen molar-refractivity contribution in [3.05, 3.63) is 70.8 Å². The van der Waals surface area contributed by atoms with E-state index < -0.39 is 0 Å². The van der Waals surface area contributed by atoms with E-state index in [0.29, 0.717) is 12.8 Å². The van der Waals surface area contributed by atoms with Gasteiger partial charge in [0.2, 0.25) is 5.91 Å². The van der Waals surface area contributed by atoms with Crippen LogP contribution in [0.3, 0.4) is 0 Å². The fourth-order valence-corrected chi connectivity index (χ4v) is 2.74. The summed E-state index contributed by atoms with van der Waals surface area (Å²) in [5, 5.41) is 2.52. The van der Waals surface area contributed by atoms with Crippen LogP contribution in [0.2, 0.25) is 0 Å². The lowest BCUT2D eigenvalue weighted by atomic mass is 10.0. The first-order valence-electron chi connectivity index (χ1n) is 8.39. The SMILES string of the molecule is CN1CCc2cc(F)ccc2C1.CNC(=O)CCc1cccc(F)c1. The molecule has 1 N–H and O–H groups in total. The quantitative estimate of drug-likeness (QED) is 0.925. The molecule has 1 heterocycles. The van der Waals surface area contributed by atoms with Crippen molar-refractivity contribution in [1.82, 2.24) is 10.2 Å². The fraction of sp³-hybridized carbons (Fsp3) is 0.350. The lowest BCUT2D eigenvalue weighted by molar-refractivity contribution is -0.120. The van der Waals surface area contributed by atoms with Crippen LogP contribution >= 0.6 is 0 Å². The number of hydrogen-bond donors (Lipinski definition) is 1. The topological polar surface area (TPSA) is 32.3 Å². The number of nitrogens with one attached hydrogen (secondary N) is 1. The molecule has 0 radical (unpaired) electrons. The second-order valence-corrected chi connectivity index (χ2v) is 6.20. The lowest BCUT2D eigenvalue weighted by Gasteiger charge is -2.24. The maximum atomic E-state index is 12.8. The van der Waals surface area contributed by atoms with Gasteiger partial charge in [-0.3, -0.25) is 4.79 Å². The molecule has 25 heavy (non-hydrogen) atoms. The maximum absolute atomic E-state index is 12.8. The highest BCUT2D eigenvalue weighted by atomic mass is 19.1. The number of fused-ring (bicyclic) bond motifs is 1. The summed E-state index contributed by atoms with van der Waals surface area (Å²) in [4.78, 5) is 13.1. The molecule has 134 valence electrons. The van der Waals surface area contributed by atoms with Crippen LogP contribution in [0.1, 0.15) is 23.1 Å². The Morgan fingerprint density at radius 3 is 2.60 bits per heavy atom. The molecule has 2 aromatic rings. The van der Waals surface area contributed by atoms with Crippen molar-refractivity contribution in [2.75, 3.05) is 20.6 Å². The van der Waals surface area contributed by atoms with E-state index >= 15 is 0 Å². The second kappa shape index (κ2) is 9.28.